The quantitative estimate of drug-likeness (QED) is 0.585. The fraction of sp³-hybridized carbons (Fsp3) is 0.200. The predicted octanol–water partition coefficient (Wildman–Crippen LogP) is -1.45. The molecule has 0 aliphatic rings. The van der Waals surface area contributed by atoms with E-state index in [0.717, 1.165) is 0 Å². The standard InChI is InChI=1S/C10H11N5O2/c11-3-7-2-1-6(5-14-7)9(10(13)17)15-8(16)4-12/h1-2,5,9H,4,12H2,(H2,13,17)(H,15,16). The molecule has 0 fully saturated rings. The van der Waals surface area contributed by atoms with Crippen LogP contribution in [-0.4, -0.2) is 23.3 Å². The lowest BCUT2D eigenvalue weighted by atomic mass is 10.1. The number of amides is 2. The number of nitriles is 1. The van der Waals surface area contributed by atoms with E-state index < -0.39 is 17.9 Å². The smallest absolute Gasteiger partial charge is 0.244 e. The lowest BCUT2D eigenvalue weighted by molar-refractivity contribution is -0.126. The molecule has 0 radical (unpaired) electrons. The Bertz CT molecular complexity index is 463. The van der Waals surface area contributed by atoms with Crippen LogP contribution in [0.5, 0.6) is 0 Å². The molecule has 7 nitrogen and oxygen atoms in total. The van der Waals surface area contributed by atoms with Crippen molar-refractivity contribution in [3.63, 3.8) is 0 Å². The molecule has 0 bridgehead atoms. The molecule has 0 aliphatic heterocycles. The van der Waals surface area contributed by atoms with Gasteiger partial charge in [-0.15, -0.1) is 0 Å². The summed E-state index contributed by atoms with van der Waals surface area (Å²) in [6.07, 6.45) is 1.31. The van der Waals surface area contributed by atoms with Crippen LogP contribution in [0.15, 0.2) is 18.3 Å². The van der Waals surface area contributed by atoms with Crippen molar-refractivity contribution in [2.75, 3.05) is 6.54 Å². The zero-order valence-electron chi connectivity index (χ0n) is 8.88. The van der Waals surface area contributed by atoms with E-state index in [-0.39, 0.29) is 12.2 Å². The Labute approximate surface area is 97.4 Å². The van der Waals surface area contributed by atoms with Crippen molar-refractivity contribution in [1.29, 1.82) is 5.26 Å². The number of carbonyl (C=O) groups is 2. The molecule has 1 heterocycles. The average Bonchev–Trinajstić information content (AvgIpc) is 2.35. The minimum absolute atomic E-state index is 0.210. The van der Waals surface area contributed by atoms with Gasteiger partial charge in [0.2, 0.25) is 11.8 Å². The number of primary amides is 1. The Balaban J connectivity index is 2.94. The predicted molar refractivity (Wildman–Crippen MR) is 58.1 cm³/mol. The van der Waals surface area contributed by atoms with Gasteiger partial charge in [-0.1, -0.05) is 6.07 Å². The monoisotopic (exact) mass is 233 g/mol. The highest BCUT2D eigenvalue weighted by Crippen LogP contribution is 2.11. The molecule has 1 rings (SSSR count). The zero-order valence-corrected chi connectivity index (χ0v) is 8.88. The molecular weight excluding hydrogens is 222 g/mol. The van der Waals surface area contributed by atoms with Gasteiger partial charge < -0.3 is 16.8 Å². The van der Waals surface area contributed by atoms with Crippen LogP contribution in [0.4, 0.5) is 0 Å². The van der Waals surface area contributed by atoms with E-state index in [9.17, 15) is 9.59 Å². The Morgan fingerprint density at radius 3 is 2.65 bits per heavy atom. The van der Waals surface area contributed by atoms with Gasteiger partial charge in [-0.2, -0.15) is 5.26 Å². The second kappa shape index (κ2) is 5.58. The van der Waals surface area contributed by atoms with Crippen molar-refractivity contribution in [2.45, 2.75) is 6.04 Å². The Kier molecular flexibility index (Phi) is 4.14. The summed E-state index contributed by atoms with van der Waals surface area (Å²) >= 11 is 0. The van der Waals surface area contributed by atoms with Crippen LogP contribution in [0.25, 0.3) is 0 Å². The third-order valence-corrected chi connectivity index (χ3v) is 2.01. The molecule has 0 aliphatic carbocycles. The lowest BCUT2D eigenvalue weighted by Crippen LogP contribution is -2.40. The van der Waals surface area contributed by atoms with E-state index in [1.165, 1.54) is 18.3 Å². The first-order chi connectivity index (χ1) is 8.08. The summed E-state index contributed by atoms with van der Waals surface area (Å²) in [5.41, 5.74) is 10.9. The summed E-state index contributed by atoms with van der Waals surface area (Å²) in [5, 5.41) is 10.9. The second-order valence-electron chi connectivity index (χ2n) is 3.20. The molecule has 88 valence electrons. The molecule has 1 unspecified atom stereocenters. The molecule has 1 aromatic heterocycles. The number of carbonyl (C=O) groups excluding carboxylic acids is 2. The highest BCUT2D eigenvalue weighted by Gasteiger charge is 2.19. The first-order valence-electron chi connectivity index (χ1n) is 4.73. The summed E-state index contributed by atoms with van der Waals surface area (Å²) in [7, 11) is 0. The topological polar surface area (TPSA) is 135 Å². The van der Waals surface area contributed by atoms with Gasteiger partial charge in [0, 0.05) is 11.8 Å². The van der Waals surface area contributed by atoms with E-state index in [0.29, 0.717) is 5.56 Å². The van der Waals surface area contributed by atoms with Crippen molar-refractivity contribution in [3.8, 4) is 6.07 Å². The fourth-order valence-corrected chi connectivity index (χ4v) is 1.18. The van der Waals surface area contributed by atoms with Gasteiger partial charge in [0.05, 0.1) is 6.54 Å². The van der Waals surface area contributed by atoms with Crippen molar-refractivity contribution < 1.29 is 9.59 Å². The fourth-order valence-electron chi connectivity index (χ4n) is 1.18. The molecule has 0 saturated carbocycles. The first-order valence-corrected chi connectivity index (χ1v) is 4.73. The average molecular weight is 233 g/mol. The Morgan fingerprint density at radius 2 is 2.24 bits per heavy atom. The lowest BCUT2D eigenvalue weighted by Gasteiger charge is -2.14. The number of hydrogen-bond acceptors (Lipinski definition) is 5. The normalized spacial score (nSPS) is 11.3. The molecule has 2 amide bonds. The van der Waals surface area contributed by atoms with Crippen molar-refractivity contribution >= 4 is 11.8 Å². The van der Waals surface area contributed by atoms with E-state index in [1.54, 1.807) is 0 Å². The molecule has 1 aromatic rings. The first kappa shape index (κ1) is 12.6. The number of nitrogens with zero attached hydrogens (tertiary/aromatic N) is 2. The van der Waals surface area contributed by atoms with Gasteiger partial charge in [-0.3, -0.25) is 9.59 Å². The number of hydrogen-bond donors (Lipinski definition) is 3. The van der Waals surface area contributed by atoms with Crippen LogP contribution < -0.4 is 16.8 Å². The van der Waals surface area contributed by atoms with Crippen LogP contribution in [0.3, 0.4) is 0 Å². The molecule has 0 saturated heterocycles. The van der Waals surface area contributed by atoms with E-state index in [4.69, 9.17) is 16.7 Å². The van der Waals surface area contributed by atoms with Crippen LogP contribution in [0, 0.1) is 11.3 Å². The maximum atomic E-state index is 11.2. The van der Waals surface area contributed by atoms with Gasteiger partial charge in [-0.05, 0) is 6.07 Å². The van der Waals surface area contributed by atoms with E-state index in [1.807, 2.05) is 6.07 Å². The van der Waals surface area contributed by atoms with Crippen LogP contribution >= 0.6 is 0 Å². The third kappa shape index (κ3) is 3.25. The summed E-state index contributed by atoms with van der Waals surface area (Å²) in [4.78, 5) is 26.1. The van der Waals surface area contributed by atoms with Gasteiger partial charge in [0.1, 0.15) is 17.8 Å². The van der Waals surface area contributed by atoms with Crippen LogP contribution in [0.2, 0.25) is 0 Å². The number of rotatable bonds is 4. The summed E-state index contributed by atoms with van der Waals surface area (Å²) < 4.78 is 0. The van der Waals surface area contributed by atoms with Gasteiger partial charge >= 0.3 is 0 Å². The summed E-state index contributed by atoms with van der Waals surface area (Å²) in [6.45, 7) is -0.243. The van der Waals surface area contributed by atoms with Crippen LogP contribution in [-0.2, 0) is 9.59 Å². The highest BCUT2D eigenvalue weighted by molar-refractivity contribution is 5.88. The van der Waals surface area contributed by atoms with Crippen molar-refractivity contribution in [2.24, 2.45) is 11.5 Å². The minimum atomic E-state index is -0.994. The van der Waals surface area contributed by atoms with Gasteiger partial charge in [0.25, 0.3) is 0 Å². The number of aromatic nitrogens is 1. The molecule has 1 atom stereocenters. The van der Waals surface area contributed by atoms with Crippen LogP contribution in [0.1, 0.15) is 17.3 Å². The summed E-state index contributed by atoms with van der Waals surface area (Å²) in [6, 6.07) is 3.77. The molecule has 0 spiro atoms. The van der Waals surface area contributed by atoms with E-state index in [2.05, 4.69) is 10.3 Å². The molecule has 0 aromatic carbocycles. The van der Waals surface area contributed by atoms with E-state index >= 15 is 0 Å². The Hall–Kier alpha value is -2.46. The minimum Gasteiger partial charge on any atom is -0.368 e. The maximum Gasteiger partial charge on any atom is 0.244 e. The summed E-state index contributed by atoms with van der Waals surface area (Å²) in [5.74, 6) is -1.23. The SMILES string of the molecule is N#Cc1ccc(C(NC(=O)CN)C(N)=O)cn1. The van der Waals surface area contributed by atoms with Crippen molar-refractivity contribution in [1.82, 2.24) is 10.3 Å². The van der Waals surface area contributed by atoms with Crippen molar-refractivity contribution in [3.05, 3.63) is 29.6 Å². The second-order valence-corrected chi connectivity index (χ2v) is 3.20. The Morgan fingerprint density at radius 1 is 1.53 bits per heavy atom. The molecule has 17 heavy (non-hydrogen) atoms. The maximum absolute atomic E-state index is 11.2. The molecule has 7 heteroatoms. The highest BCUT2D eigenvalue weighted by atomic mass is 16.2. The number of nitrogens with two attached hydrogens (primary N) is 2. The zero-order chi connectivity index (χ0) is 12.8. The third-order valence-electron chi connectivity index (χ3n) is 2.01. The molecule has 5 N–H and O–H groups in total. The largest absolute Gasteiger partial charge is 0.368 e. The molecular formula is C10H11N5O2. The number of pyridine rings is 1. The number of nitrogens with one attached hydrogen (secondary N) is 1. The van der Waals surface area contributed by atoms with Gasteiger partial charge in [0.15, 0.2) is 0 Å². The van der Waals surface area contributed by atoms with Gasteiger partial charge in [-0.25, -0.2) is 4.98 Å².